The van der Waals surface area contributed by atoms with Crippen LogP contribution in [0, 0.1) is 13.8 Å². The Bertz CT molecular complexity index is 955. The maximum Gasteiger partial charge on any atom is 0.270 e. The number of carbonyl (C=O) groups is 1. The van der Waals surface area contributed by atoms with Crippen molar-refractivity contribution in [1.29, 1.82) is 0 Å². The number of nitrogens with one attached hydrogen (secondary N) is 2. The van der Waals surface area contributed by atoms with Gasteiger partial charge in [-0.2, -0.15) is 0 Å². The number of benzene rings is 2. The maximum atomic E-state index is 12.6. The molecule has 1 aromatic heterocycles. The number of aryl methyl sites for hydroxylation is 2. The summed E-state index contributed by atoms with van der Waals surface area (Å²) in [4.78, 5) is 21.3. The van der Waals surface area contributed by atoms with E-state index in [0.29, 0.717) is 24.7 Å². The number of hydrogen-bond donors (Lipinski definition) is 2. The van der Waals surface area contributed by atoms with E-state index in [9.17, 15) is 4.79 Å². The molecule has 0 aliphatic rings. The topological polar surface area (TPSA) is 76.1 Å². The number of para-hydroxylation sites is 1. The minimum Gasteiger partial charge on any atom is -0.496 e. The molecule has 0 atom stereocenters. The van der Waals surface area contributed by atoms with Gasteiger partial charge in [-0.05, 0) is 31.5 Å². The Kier molecular flexibility index (Phi) is 6.22. The molecule has 0 aliphatic heterocycles. The van der Waals surface area contributed by atoms with Crippen molar-refractivity contribution >= 4 is 11.9 Å². The number of amides is 1. The van der Waals surface area contributed by atoms with Gasteiger partial charge in [-0.25, -0.2) is 9.97 Å². The van der Waals surface area contributed by atoms with Crippen molar-refractivity contribution in [3.05, 3.63) is 82.7 Å². The maximum absolute atomic E-state index is 12.6. The zero-order valence-corrected chi connectivity index (χ0v) is 16.3. The van der Waals surface area contributed by atoms with Crippen molar-refractivity contribution < 1.29 is 9.53 Å². The van der Waals surface area contributed by atoms with Crippen molar-refractivity contribution in [3.63, 3.8) is 0 Å². The summed E-state index contributed by atoms with van der Waals surface area (Å²) in [6, 6.07) is 17.5. The van der Waals surface area contributed by atoms with Crippen LogP contribution in [0.5, 0.6) is 5.75 Å². The van der Waals surface area contributed by atoms with E-state index >= 15 is 0 Å². The summed E-state index contributed by atoms with van der Waals surface area (Å²) < 4.78 is 5.32. The lowest BCUT2D eigenvalue weighted by Crippen LogP contribution is -2.24. The molecule has 0 bridgehead atoms. The van der Waals surface area contributed by atoms with Crippen LogP contribution in [0.4, 0.5) is 5.95 Å². The highest BCUT2D eigenvalue weighted by Crippen LogP contribution is 2.17. The van der Waals surface area contributed by atoms with E-state index < -0.39 is 0 Å². The first kappa shape index (κ1) is 19.4. The first-order chi connectivity index (χ1) is 13.5. The van der Waals surface area contributed by atoms with Crippen molar-refractivity contribution in [2.24, 2.45) is 0 Å². The van der Waals surface area contributed by atoms with E-state index in [4.69, 9.17) is 4.74 Å². The Morgan fingerprint density at radius 3 is 2.50 bits per heavy atom. The molecule has 6 nitrogen and oxygen atoms in total. The second-order valence-electron chi connectivity index (χ2n) is 6.55. The normalized spacial score (nSPS) is 10.4. The number of rotatable bonds is 7. The number of hydrogen-bond acceptors (Lipinski definition) is 5. The molecule has 28 heavy (non-hydrogen) atoms. The highest BCUT2D eigenvalue weighted by atomic mass is 16.5. The van der Waals surface area contributed by atoms with Crippen LogP contribution in [0.1, 0.15) is 32.9 Å². The number of aromatic nitrogens is 2. The van der Waals surface area contributed by atoms with Gasteiger partial charge < -0.3 is 15.4 Å². The largest absolute Gasteiger partial charge is 0.496 e. The fraction of sp³-hybridized carbons (Fsp3) is 0.227. The molecule has 0 spiro atoms. The monoisotopic (exact) mass is 376 g/mol. The van der Waals surface area contributed by atoms with Crippen LogP contribution in [-0.4, -0.2) is 23.0 Å². The predicted octanol–water partition coefficient (Wildman–Crippen LogP) is 3.64. The number of carbonyl (C=O) groups excluding carboxylic acids is 1. The summed E-state index contributed by atoms with van der Waals surface area (Å²) in [7, 11) is 1.61. The predicted molar refractivity (Wildman–Crippen MR) is 109 cm³/mol. The summed E-state index contributed by atoms with van der Waals surface area (Å²) in [6.07, 6.45) is 0. The number of ether oxygens (including phenoxy) is 1. The quantitative estimate of drug-likeness (QED) is 0.658. The third-order valence-electron chi connectivity index (χ3n) is 4.29. The molecule has 2 aromatic carbocycles. The van der Waals surface area contributed by atoms with Crippen LogP contribution in [0.2, 0.25) is 0 Å². The van der Waals surface area contributed by atoms with Crippen LogP contribution in [-0.2, 0) is 13.1 Å². The summed E-state index contributed by atoms with van der Waals surface area (Å²) in [6.45, 7) is 4.84. The molecule has 3 aromatic rings. The standard InChI is InChI=1S/C22H24N4O2/c1-15-8-10-17(11-9-15)13-24-22-25-16(2)12-19(26-22)21(27)23-14-18-6-4-5-7-20(18)28-3/h4-12H,13-14H2,1-3H3,(H,23,27)(H,24,25,26). The van der Waals surface area contributed by atoms with Gasteiger partial charge in [0.25, 0.3) is 5.91 Å². The van der Waals surface area contributed by atoms with Crippen molar-refractivity contribution in [2.45, 2.75) is 26.9 Å². The minimum absolute atomic E-state index is 0.255. The first-order valence-corrected chi connectivity index (χ1v) is 9.10. The molecule has 0 saturated heterocycles. The lowest BCUT2D eigenvalue weighted by Gasteiger charge is -2.11. The first-order valence-electron chi connectivity index (χ1n) is 9.10. The van der Waals surface area contributed by atoms with E-state index in [1.54, 1.807) is 13.2 Å². The Balaban J connectivity index is 1.66. The molecule has 1 heterocycles. The highest BCUT2D eigenvalue weighted by Gasteiger charge is 2.11. The molecule has 1 amide bonds. The zero-order valence-electron chi connectivity index (χ0n) is 16.3. The van der Waals surface area contributed by atoms with E-state index in [2.05, 4.69) is 51.8 Å². The number of anilines is 1. The second-order valence-corrected chi connectivity index (χ2v) is 6.55. The summed E-state index contributed by atoms with van der Waals surface area (Å²) in [5.41, 5.74) is 4.29. The van der Waals surface area contributed by atoms with Crippen LogP contribution < -0.4 is 15.4 Å². The van der Waals surface area contributed by atoms with Crippen molar-refractivity contribution in [3.8, 4) is 5.75 Å². The molecular formula is C22H24N4O2. The average molecular weight is 376 g/mol. The van der Waals surface area contributed by atoms with Gasteiger partial charge in [0, 0.05) is 24.3 Å². The minimum atomic E-state index is -0.255. The smallest absolute Gasteiger partial charge is 0.270 e. The van der Waals surface area contributed by atoms with E-state index in [1.165, 1.54) is 5.56 Å². The Labute approximate surface area is 165 Å². The number of nitrogens with zero attached hydrogens (tertiary/aromatic N) is 2. The van der Waals surface area contributed by atoms with Gasteiger partial charge in [0.15, 0.2) is 0 Å². The van der Waals surface area contributed by atoms with Gasteiger partial charge in [-0.15, -0.1) is 0 Å². The second kappa shape index (κ2) is 8.99. The van der Waals surface area contributed by atoms with Gasteiger partial charge in [0.05, 0.1) is 7.11 Å². The van der Waals surface area contributed by atoms with E-state index in [-0.39, 0.29) is 5.91 Å². The van der Waals surface area contributed by atoms with Gasteiger partial charge in [-0.1, -0.05) is 48.0 Å². The molecule has 0 fully saturated rings. The lowest BCUT2D eigenvalue weighted by atomic mass is 10.1. The molecule has 0 aliphatic carbocycles. The van der Waals surface area contributed by atoms with Crippen molar-refractivity contribution in [1.82, 2.24) is 15.3 Å². The molecule has 0 saturated carbocycles. The third kappa shape index (κ3) is 5.07. The fourth-order valence-electron chi connectivity index (χ4n) is 2.77. The summed E-state index contributed by atoms with van der Waals surface area (Å²) in [5, 5.41) is 6.07. The number of methoxy groups -OCH3 is 1. The van der Waals surface area contributed by atoms with E-state index in [0.717, 1.165) is 22.6 Å². The van der Waals surface area contributed by atoms with E-state index in [1.807, 2.05) is 31.2 Å². The molecule has 0 radical (unpaired) electrons. The molecule has 2 N–H and O–H groups in total. The summed E-state index contributed by atoms with van der Waals surface area (Å²) >= 11 is 0. The molecule has 3 rings (SSSR count). The van der Waals surface area contributed by atoms with Crippen LogP contribution in [0.3, 0.4) is 0 Å². The van der Waals surface area contributed by atoms with Gasteiger partial charge >= 0.3 is 0 Å². The van der Waals surface area contributed by atoms with Gasteiger partial charge in [0.2, 0.25) is 5.95 Å². The fourth-order valence-corrected chi connectivity index (χ4v) is 2.77. The molecule has 0 unspecified atom stereocenters. The average Bonchev–Trinajstić information content (AvgIpc) is 2.71. The third-order valence-corrected chi connectivity index (χ3v) is 4.29. The lowest BCUT2D eigenvalue weighted by molar-refractivity contribution is 0.0945. The van der Waals surface area contributed by atoms with Crippen molar-refractivity contribution in [2.75, 3.05) is 12.4 Å². The molecule has 6 heteroatoms. The Hall–Kier alpha value is -3.41. The Morgan fingerprint density at radius 2 is 1.75 bits per heavy atom. The molecule has 144 valence electrons. The SMILES string of the molecule is COc1ccccc1CNC(=O)c1cc(C)nc(NCc2ccc(C)cc2)n1. The van der Waals surface area contributed by atoms with Gasteiger partial charge in [0.1, 0.15) is 11.4 Å². The zero-order chi connectivity index (χ0) is 19.9. The highest BCUT2D eigenvalue weighted by molar-refractivity contribution is 5.92. The van der Waals surface area contributed by atoms with Crippen LogP contribution in [0.15, 0.2) is 54.6 Å². The van der Waals surface area contributed by atoms with Crippen LogP contribution >= 0.6 is 0 Å². The van der Waals surface area contributed by atoms with Gasteiger partial charge in [-0.3, -0.25) is 4.79 Å². The Morgan fingerprint density at radius 1 is 1.00 bits per heavy atom. The molecular weight excluding hydrogens is 352 g/mol. The van der Waals surface area contributed by atoms with Crippen LogP contribution in [0.25, 0.3) is 0 Å². The summed E-state index contributed by atoms with van der Waals surface area (Å²) in [5.74, 6) is 0.917.